The van der Waals surface area contributed by atoms with Crippen LogP contribution in [-0.2, 0) is 9.53 Å². The first kappa shape index (κ1) is 27.8. The fraction of sp³-hybridized carbons (Fsp3) is 0.692. The van der Waals surface area contributed by atoms with Crippen molar-refractivity contribution in [1.82, 2.24) is 19.5 Å². The van der Waals surface area contributed by atoms with E-state index in [0.29, 0.717) is 18.4 Å². The number of imidazole rings is 1. The number of nitrogens with zero attached hydrogens (tertiary/aromatic N) is 4. The van der Waals surface area contributed by atoms with Crippen LogP contribution in [0.3, 0.4) is 0 Å². The van der Waals surface area contributed by atoms with Crippen LogP contribution in [0.25, 0.3) is 11.2 Å². The fourth-order valence-corrected chi connectivity index (χ4v) is 5.41. The van der Waals surface area contributed by atoms with Gasteiger partial charge in [0.05, 0.1) is 12.9 Å². The van der Waals surface area contributed by atoms with Crippen molar-refractivity contribution in [3.63, 3.8) is 0 Å². The Labute approximate surface area is 211 Å². The number of anilines is 1. The van der Waals surface area contributed by atoms with E-state index in [0.717, 1.165) is 57.8 Å². The minimum Gasteiger partial charge on any atom is -0.481 e. The molecule has 0 bridgehead atoms. The Balaban J connectivity index is 1.76. The zero-order valence-electron chi connectivity index (χ0n) is 21.0. The summed E-state index contributed by atoms with van der Waals surface area (Å²) in [4.78, 5) is 22.4. The maximum atomic E-state index is 13.9. The van der Waals surface area contributed by atoms with Crippen molar-refractivity contribution in [2.45, 2.75) is 95.8 Å². The summed E-state index contributed by atoms with van der Waals surface area (Å²) in [6.45, 7) is 1.85. The second-order valence-corrected chi connectivity index (χ2v) is 9.76. The molecule has 0 radical (unpaired) electrons. The number of halogens is 1. The maximum Gasteiger partial charge on any atom is 0.312 e. The lowest BCUT2D eigenvalue weighted by molar-refractivity contribution is -0.137. The number of carbonyl (C=O) groups is 1. The Morgan fingerprint density at radius 1 is 1.28 bits per heavy atom. The predicted molar refractivity (Wildman–Crippen MR) is 134 cm³/mol. The Hall–Kier alpha value is -2.77. The first-order valence-electron chi connectivity index (χ1n) is 13.0. The van der Waals surface area contributed by atoms with Crippen LogP contribution < -0.4 is 5.73 Å². The van der Waals surface area contributed by atoms with Crippen LogP contribution in [0.4, 0.5) is 10.2 Å². The molecule has 9 nitrogen and oxygen atoms in total. The number of aliphatic hydroxyl groups is 1. The molecule has 3 heterocycles. The van der Waals surface area contributed by atoms with Crippen LogP contribution in [0.2, 0.25) is 0 Å². The van der Waals surface area contributed by atoms with E-state index in [4.69, 9.17) is 22.0 Å². The average molecular weight is 504 g/mol. The molecule has 2 aromatic heterocycles. The van der Waals surface area contributed by atoms with Gasteiger partial charge in [-0.15, -0.1) is 6.42 Å². The first-order valence-corrected chi connectivity index (χ1v) is 13.0. The molecule has 3 rings (SSSR count). The number of nitrogen functional groups attached to an aromatic ring is 1. The first-order chi connectivity index (χ1) is 17.3. The number of fused-ring (bicyclic) bond motifs is 1. The Morgan fingerprint density at radius 2 is 1.97 bits per heavy atom. The number of hydrogen-bond acceptors (Lipinski definition) is 7. The second-order valence-electron chi connectivity index (χ2n) is 9.76. The van der Waals surface area contributed by atoms with Gasteiger partial charge >= 0.3 is 12.0 Å². The third-order valence-corrected chi connectivity index (χ3v) is 7.32. The molecule has 10 heteroatoms. The maximum absolute atomic E-state index is 13.9. The van der Waals surface area contributed by atoms with Crippen LogP contribution in [-0.4, -0.2) is 47.9 Å². The van der Waals surface area contributed by atoms with Gasteiger partial charge in [-0.05, 0) is 18.8 Å². The van der Waals surface area contributed by atoms with Crippen molar-refractivity contribution in [2.75, 3.05) is 12.3 Å². The van der Waals surface area contributed by atoms with E-state index in [1.165, 1.54) is 6.33 Å². The van der Waals surface area contributed by atoms with E-state index in [9.17, 15) is 14.3 Å². The summed E-state index contributed by atoms with van der Waals surface area (Å²) in [5, 5.41) is 19.2. The van der Waals surface area contributed by atoms with Gasteiger partial charge in [0.15, 0.2) is 22.6 Å². The van der Waals surface area contributed by atoms with Crippen LogP contribution >= 0.6 is 0 Å². The molecule has 1 aliphatic heterocycles. The number of rotatable bonds is 15. The molecule has 36 heavy (non-hydrogen) atoms. The van der Waals surface area contributed by atoms with Gasteiger partial charge in [-0.1, -0.05) is 70.6 Å². The molecule has 198 valence electrons. The number of ether oxygens (including phenoxy) is 1. The molecule has 1 fully saturated rings. The highest BCUT2D eigenvalue weighted by Crippen LogP contribution is 2.48. The van der Waals surface area contributed by atoms with Crippen LogP contribution in [0.5, 0.6) is 0 Å². The number of carboxylic acid groups (broad SMARTS) is 1. The molecule has 4 N–H and O–H groups in total. The summed E-state index contributed by atoms with van der Waals surface area (Å²) in [5.41, 5.74) is 5.19. The van der Waals surface area contributed by atoms with Crippen LogP contribution in [0, 0.1) is 30.3 Å². The molecule has 4 atom stereocenters. The van der Waals surface area contributed by atoms with E-state index in [1.807, 2.05) is 0 Å². The molecule has 1 aliphatic rings. The number of terminal acetylenes is 1. The Morgan fingerprint density at radius 3 is 2.64 bits per heavy atom. The standard InChI is InChI=1S/C26H38FN5O4/c1-3-5-9-12-18(13-10-7-6-8-11-14-21(34)35)19-15-20(36-26(19,4-2)16-33)32-17-29-22-23(28)30-25(27)31-24(22)32/h2,17-20,33H,3,5-16H2,1H3,(H,34,35)(H2,28,30,31)/t18?,19-,20+,26+/m0/s1. The minimum atomic E-state index is -1.16. The van der Waals surface area contributed by atoms with E-state index in [2.05, 4.69) is 27.8 Å². The van der Waals surface area contributed by atoms with Crippen LogP contribution in [0.1, 0.15) is 90.2 Å². The zero-order valence-corrected chi connectivity index (χ0v) is 21.0. The molecule has 2 aromatic rings. The molecular formula is C26H38FN5O4. The van der Waals surface area contributed by atoms with Gasteiger partial charge < -0.3 is 20.7 Å². The Kier molecular flexibility index (Phi) is 10.0. The highest BCUT2D eigenvalue weighted by atomic mass is 19.1. The summed E-state index contributed by atoms with van der Waals surface area (Å²) >= 11 is 0. The lowest BCUT2D eigenvalue weighted by Crippen LogP contribution is -2.41. The minimum absolute atomic E-state index is 0.0445. The van der Waals surface area contributed by atoms with Gasteiger partial charge in [0, 0.05) is 12.3 Å². The van der Waals surface area contributed by atoms with Crippen molar-refractivity contribution in [3.05, 3.63) is 12.4 Å². The molecule has 0 aromatic carbocycles. The van der Waals surface area contributed by atoms with Crippen LogP contribution in [0.15, 0.2) is 6.33 Å². The topological polar surface area (TPSA) is 136 Å². The highest BCUT2D eigenvalue weighted by molar-refractivity contribution is 5.81. The van der Waals surface area contributed by atoms with E-state index in [-0.39, 0.29) is 36.3 Å². The van der Waals surface area contributed by atoms with E-state index in [1.54, 1.807) is 4.57 Å². The number of aromatic nitrogens is 4. The molecule has 0 aliphatic carbocycles. The summed E-state index contributed by atoms with van der Waals surface area (Å²) in [7, 11) is 0. The van der Waals surface area contributed by atoms with Crippen molar-refractivity contribution >= 4 is 23.0 Å². The van der Waals surface area contributed by atoms with E-state index < -0.39 is 23.9 Å². The number of aliphatic hydroxyl groups excluding tert-OH is 1. The van der Waals surface area contributed by atoms with Gasteiger partial charge in [-0.25, -0.2) is 4.98 Å². The molecular weight excluding hydrogens is 465 g/mol. The lowest BCUT2D eigenvalue weighted by atomic mass is 9.74. The van der Waals surface area contributed by atoms with Crippen molar-refractivity contribution in [2.24, 2.45) is 11.8 Å². The molecule has 0 spiro atoms. The summed E-state index contributed by atoms with van der Waals surface area (Å²) < 4.78 is 21.9. The summed E-state index contributed by atoms with van der Waals surface area (Å²) in [6, 6.07) is 0. The monoisotopic (exact) mass is 503 g/mol. The third kappa shape index (κ3) is 6.51. The van der Waals surface area contributed by atoms with Crippen molar-refractivity contribution < 1.29 is 24.1 Å². The molecule has 0 saturated carbocycles. The number of carboxylic acids is 1. The quantitative estimate of drug-likeness (QED) is 0.184. The van der Waals surface area contributed by atoms with Crippen molar-refractivity contribution in [1.29, 1.82) is 0 Å². The van der Waals surface area contributed by atoms with Gasteiger partial charge in [-0.3, -0.25) is 9.36 Å². The van der Waals surface area contributed by atoms with Gasteiger partial charge in [0.2, 0.25) is 0 Å². The number of hydrogen-bond donors (Lipinski definition) is 3. The summed E-state index contributed by atoms with van der Waals surface area (Å²) in [5.74, 6) is 2.10. The number of nitrogens with two attached hydrogens (primary N) is 1. The Bertz CT molecular complexity index is 1050. The SMILES string of the molecule is C#C[C@]1(CO)O[C@@H](n2cnc3c(N)nc(F)nc32)C[C@H]1C(CCCCC)CCCCCCCC(=O)O. The second kappa shape index (κ2) is 13.0. The predicted octanol–water partition coefficient (Wildman–Crippen LogP) is 4.46. The third-order valence-electron chi connectivity index (χ3n) is 7.32. The number of unbranched alkanes of at least 4 members (excludes halogenated alkanes) is 6. The summed E-state index contributed by atoms with van der Waals surface area (Å²) in [6.07, 6.45) is 16.5. The number of aliphatic carboxylic acids is 1. The molecule has 1 saturated heterocycles. The fourth-order valence-electron chi connectivity index (χ4n) is 5.41. The van der Waals surface area contributed by atoms with Gasteiger partial charge in [0.1, 0.15) is 6.23 Å². The van der Waals surface area contributed by atoms with Gasteiger partial charge in [0.25, 0.3) is 0 Å². The smallest absolute Gasteiger partial charge is 0.312 e. The molecule has 0 amide bonds. The van der Waals surface area contributed by atoms with Gasteiger partial charge in [-0.2, -0.15) is 14.4 Å². The normalized spacial score (nSPS) is 22.6. The van der Waals surface area contributed by atoms with E-state index >= 15 is 0 Å². The molecule has 1 unspecified atom stereocenters. The highest BCUT2D eigenvalue weighted by Gasteiger charge is 2.51. The largest absolute Gasteiger partial charge is 0.481 e. The lowest BCUT2D eigenvalue weighted by Gasteiger charge is -2.33. The van der Waals surface area contributed by atoms with Crippen molar-refractivity contribution in [3.8, 4) is 12.3 Å². The zero-order chi connectivity index (χ0) is 26.1. The average Bonchev–Trinajstić information content (AvgIpc) is 3.44.